The first kappa shape index (κ1) is 38.0. The van der Waals surface area contributed by atoms with Crippen molar-refractivity contribution in [1.29, 1.82) is 0 Å². The third kappa shape index (κ3) is 8.36. The minimum absolute atomic E-state index is 0.0177. The summed E-state index contributed by atoms with van der Waals surface area (Å²) in [5.41, 5.74) is 14.5. The third-order valence-corrected chi connectivity index (χ3v) is 9.62. The zero-order valence-electron chi connectivity index (χ0n) is 29.4. The van der Waals surface area contributed by atoms with Crippen LogP contribution in [0, 0.1) is 5.92 Å². The molecule has 1 aliphatic rings. The maximum Gasteiger partial charge on any atom is 0.334 e. The summed E-state index contributed by atoms with van der Waals surface area (Å²) in [5.74, 6) is -2.53. The van der Waals surface area contributed by atoms with Gasteiger partial charge in [-0.2, -0.15) is 0 Å². The Balaban J connectivity index is 2.47. The molecule has 1 heterocycles. The lowest BCUT2D eigenvalue weighted by molar-refractivity contribution is -0.135. The molecule has 0 spiro atoms. The molecule has 0 unspecified atom stereocenters. The molecule has 0 radical (unpaired) electrons. The minimum Gasteiger partial charge on any atom is -0.494 e. The summed E-state index contributed by atoms with van der Waals surface area (Å²) in [4.78, 5) is 28.3. The Hall–Kier alpha value is -3.16. The highest BCUT2D eigenvalue weighted by Crippen LogP contribution is 2.57. The predicted molar refractivity (Wildman–Crippen MR) is 185 cm³/mol. The third-order valence-electron chi connectivity index (χ3n) is 9.62. The van der Waals surface area contributed by atoms with Crippen molar-refractivity contribution in [2.24, 2.45) is 5.92 Å². The van der Waals surface area contributed by atoms with Crippen LogP contribution in [0.3, 0.4) is 0 Å². The lowest BCUT2D eigenvalue weighted by atomic mass is 9.57. The van der Waals surface area contributed by atoms with Gasteiger partial charge in [-0.3, -0.25) is 0 Å². The Kier molecular flexibility index (Phi) is 14.8. The topological polar surface area (TPSA) is 139 Å². The van der Waals surface area contributed by atoms with Gasteiger partial charge in [0.1, 0.15) is 5.75 Å². The molecule has 6 N–H and O–H groups in total. The molecule has 0 saturated carbocycles. The first-order chi connectivity index (χ1) is 21.3. The van der Waals surface area contributed by atoms with Gasteiger partial charge in [0, 0.05) is 28.7 Å². The van der Waals surface area contributed by atoms with Crippen LogP contribution in [0.1, 0.15) is 143 Å². The largest absolute Gasteiger partial charge is 0.494 e. The van der Waals surface area contributed by atoms with E-state index in [1.54, 1.807) is 19.9 Å². The number of hydrogen-bond acceptors (Lipinski definition) is 6. The van der Waals surface area contributed by atoms with E-state index in [2.05, 4.69) is 6.92 Å². The lowest BCUT2D eigenvalue weighted by Crippen LogP contribution is -2.50. The van der Waals surface area contributed by atoms with Gasteiger partial charge in [0.2, 0.25) is 0 Å². The van der Waals surface area contributed by atoms with E-state index in [1.165, 1.54) is 71.3 Å². The second-order valence-corrected chi connectivity index (χ2v) is 13.4. The number of unbranched alkanes of at least 4 members (excludes halogenated alkanes) is 12. The molecular weight excluding hydrogens is 566 g/mol. The Morgan fingerprint density at radius 3 is 1.56 bits per heavy atom. The first-order valence-electron chi connectivity index (χ1n) is 17.2. The number of hydrogen-bond donors (Lipinski definition) is 4. The molecule has 254 valence electrons. The highest BCUT2D eigenvalue weighted by atomic mass is 16.5. The van der Waals surface area contributed by atoms with Crippen molar-refractivity contribution in [2.45, 2.75) is 150 Å². The smallest absolute Gasteiger partial charge is 0.334 e. The fourth-order valence-electron chi connectivity index (χ4n) is 7.70. The van der Waals surface area contributed by atoms with Gasteiger partial charge in [-0.05, 0) is 58.1 Å². The van der Waals surface area contributed by atoms with Crippen LogP contribution in [0.5, 0.6) is 5.75 Å². The number of nitrogens with zero attached hydrogens (tertiary/aromatic N) is 1. The molecular formula is C37H61N3O5. The fraction of sp³-hybridized carbons (Fsp3) is 0.676. The molecule has 0 fully saturated rings. The number of aliphatic carboxylic acids is 2. The van der Waals surface area contributed by atoms with Crippen LogP contribution in [0.4, 0.5) is 11.4 Å². The maximum absolute atomic E-state index is 13.3. The molecule has 0 atom stereocenters. The summed E-state index contributed by atoms with van der Waals surface area (Å²) in [6.07, 6.45) is 16.5. The van der Waals surface area contributed by atoms with Crippen molar-refractivity contribution >= 4 is 23.3 Å². The highest BCUT2D eigenvalue weighted by molar-refractivity contribution is 6.02. The summed E-state index contributed by atoms with van der Waals surface area (Å²) >= 11 is 0. The normalized spacial score (nSPS) is 15.0. The molecule has 1 aromatic carbocycles. The molecule has 45 heavy (non-hydrogen) atoms. The van der Waals surface area contributed by atoms with Gasteiger partial charge in [-0.1, -0.05) is 97.8 Å². The van der Waals surface area contributed by atoms with Gasteiger partial charge >= 0.3 is 11.9 Å². The van der Waals surface area contributed by atoms with Gasteiger partial charge in [0.25, 0.3) is 0 Å². The Labute approximate surface area is 272 Å². The van der Waals surface area contributed by atoms with E-state index in [9.17, 15) is 19.8 Å². The number of methoxy groups -OCH3 is 1. The maximum atomic E-state index is 13.3. The quantitative estimate of drug-likeness (QED) is 0.0830. The number of benzene rings is 1. The highest BCUT2D eigenvalue weighted by Gasteiger charge is 2.56. The number of nitrogen functional groups attached to an aromatic ring is 2. The molecule has 8 nitrogen and oxygen atoms in total. The van der Waals surface area contributed by atoms with Crippen LogP contribution in [-0.2, 0) is 21.4 Å². The Morgan fingerprint density at radius 1 is 0.778 bits per heavy atom. The number of carboxylic acid groups (broad SMARTS) is 2. The van der Waals surface area contributed by atoms with E-state index in [-0.39, 0.29) is 22.9 Å². The van der Waals surface area contributed by atoms with Gasteiger partial charge in [-0.25, -0.2) is 9.59 Å². The van der Waals surface area contributed by atoms with Gasteiger partial charge in [-0.15, -0.1) is 0 Å². The number of ether oxygens (including phenoxy) is 1. The van der Waals surface area contributed by atoms with Crippen LogP contribution in [-0.4, -0.2) is 40.2 Å². The van der Waals surface area contributed by atoms with Crippen molar-refractivity contribution in [1.82, 2.24) is 4.90 Å². The second-order valence-electron chi connectivity index (χ2n) is 13.4. The molecule has 1 aromatic rings. The summed E-state index contributed by atoms with van der Waals surface area (Å²) in [5, 5.41) is 21.7. The van der Waals surface area contributed by atoms with Crippen molar-refractivity contribution in [2.75, 3.05) is 18.6 Å². The van der Waals surface area contributed by atoms with Crippen LogP contribution in [0.2, 0.25) is 0 Å². The van der Waals surface area contributed by atoms with Crippen molar-refractivity contribution < 1.29 is 24.5 Å². The van der Waals surface area contributed by atoms with E-state index in [4.69, 9.17) is 16.2 Å². The number of anilines is 2. The standard InChI is InChI=1S/C37H61N3O5/c1-9-10-11-12-13-14-15-16-17-18-19-20-21-22-28-29(38)23-30(39)34(45-8)33(28)37(24(2)3)31(35(41)42)26(6)40(25(4)5)27(7)32(37)36(43)44/h23-25H,9-22,38-39H2,1-8H3,(H,41,42)(H,43,44). The molecule has 0 amide bonds. The molecule has 0 aliphatic carbocycles. The average molecular weight is 628 g/mol. The number of allylic oxidation sites excluding steroid dienone is 2. The van der Waals surface area contributed by atoms with E-state index in [0.717, 1.165) is 19.3 Å². The van der Waals surface area contributed by atoms with Gasteiger partial charge < -0.3 is 31.3 Å². The van der Waals surface area contributed by atoms with E-state index in [0.29, 0.717) is 40.4 Å². The molecule has 1 aliphatic heterocycles. The van der Waals surface area contributed by atoms with E-state index in [1.807, 2.05) is 32.6 Å². The molecule has 2 rings (SSSR count). The van der Waals surface area contributed by atoms with Crippen LogP contribution in [0.25, 0.3) is 0 Å². The summed E-state index contributed by atoms with van der Waals surface area (Å²) < 4.78 is 5.89. The van der Waals surface area contributed by atoms with E-state index >= 15 is 0 Å². The number of nitrogens with two attached hydrogens (primary N) is 2. The monoisotopic (exact) mass is 627 g/mol. The van der Waals surface area contributed by atoms with Crippen molar-refractivity contribution in [3.8, 4) is 5.75 Å². The number of carbonyl (C=O) groups is 2. The number of rotatable bonds is 20. The van der Waals surface area contributed by atoms with Gasteiger partial charge in [0.05, 0.1) is 29.4 Å². The Morgan fingerprint density at radius 2 is 1.20 bits per heavy atom. The molecule has 0 saturated heterocycles. The molecule has 0 aromatic heterocycles. The van der Waals surface area contributed by atoms with Crippen LogP contribution < -0.4 is 16.2 Å². The molecule has 0 bridgehead atoms. The van der Waals surface area contributed by atoms with Crippen LogP contribution in [0.15, 0.2) is 28.6 Å². The van der Waals surface area contributed by atoms with Crippen LogP contribution >= 0.6 is 0 Å². The zero-order chi connectivity index (χ0) is 33.9. The minimum atomic E-state index is -1.56. The van der Waals surface area contributed by atoms with Crippen molar-refractivity contribution in [3.05, 3.63) is 39.7 Å². The Bertz CT molecular complexity index is 1190. The average Bonchev–Trinajstić information content (AvgIpc) is 2.94. The molecule has 8 heteroatoms. The number of carboxylic acids is 2. The van der Waals surface area contributed by atoms with Gasteiger partial charge in [0.15, 0.2) is 0 Å². The second kappa shape index (κ2) is 17.5. The fourth-order valence-corrected chi connectivity index (χ4v) is 7.70. The summed E-state index contributed by atoms with van der Waals surface area (Å²) in [6.45, 7) is 13.4. The first-order valence-corrected chi connectivity index (χ1v) is 17.2. The lowest BCUT2D eigenvalue weighted by Gasteiger charge is -2.49. The predicted octanol–water partition coefficient (Wildman–Crippen LogP) is 8.83. The van der Waals surface area contributed by atoms with E-state index < -0.39 is 23.3 Å². The summed E-state index contributed by atoms with van der Waals surface area (Å²) in [6, 6.07) is 1.50. The van der Waals surface area contributed by atoms with Crippen molar-refractivity contribution in [3.63, 3.8) is 0 Å². The summed E-state index contributed by atoms with van der Waals surface area (Å²) in [7, 11) is 1.49. The zero-order valence-corrected chi connectivity index (χ0v) is 29.4. The SMILES string of the molecule is CCCCCCCCCCCCCCCc1c(N)cc(N)c(OC)c1C1(C(C)C)C(C(=O)O)=C(C)N(C(C)C)C(C)=C1C(=O)O.